The minimum absolute atomic E-state index is 0.197. The Labute approximate surface area is 194 Å². The number of H-pyrrole nitrogens is 1. The van der Waals surface area contributed by atoms with Crippen LogP contribution in [0.3, 0.4) is 0 Å². The van der Waals surface area contributed by atoms with Crippen LogP contribution < -0.4 is 5.32 Å². The molecule has 0 saturated carbocycles. The zero-order chi connectivity index (χ0) is 24.1. The van der Waals surface area contributed by atoms with Gasteiger partial charge in [-0.1, -0.05) is 30.3 Å². The summed E-state index contributed by atoms with van der Waals surface area (Å²) in [7, 11) is 0. The molecule has 0 atom stereocenters. The number of alkyl halides is 3. The zero-order valence-electron chi connectivity index (χ0n) is 18.7. The number of aromatic amines is 1. The quantitative estimate of drug-likeness (QED) is 0.354. The van der Waals surface area contributed by atoms with Gasteiger partial charge in [0.25, 0.3) is 5.91 Å². The Morgan fingerprint density at radius 2 is 1.88 bits per heavy atom. The molecular weight excluding hydrogens is 445 g/mol. The summed E-state index contributed by atoms with van der Waals surface area (Å²) in [4.78, 5) is 21.6. The molecule has 0 bridgehead atoms. The van der Waals surface area contributed by atoms with Crippen LogP contribution in [0.1, 0.15) is 40.0 Å². The maximum atomic E-state index is 12.9. The van der Waals surface area contributed by atoms with E-state index in [4.69, 9.17) is 4.42 Å². The Kier molecular flexibility index (Phi) is 7.02. The lowest BCUT2D eigenvalue weighted by Gasteiger charge is -2.21. The van der Waals surface area contributed by atoms with Gasteiger partial charge in [0.15, 0.2) is 5.69 Å². The Balaban J connectivity index is 1.51. The highest BCUT2D eigenvalue weighted by Gasteiger charge is 2.30. The van der Waals surface area contributed by atoms with Gasteiger partial charge in [0.2, 0.25) is 5.89 Å². The standard InChI is InChI=1S/C25H25F3N4O2/c1-2-29-24(33)22-16-34-23(31-22)15-32(14-17-7-9-19(10-8-17)25(26,27)28)12-11-18-13-30-21-6-4-3-5-20(18)21/h3-10,13,16,30H,2,11-12,14-15H2,1H3,(H,29,33). The van der Waals surface area contributed by atoms with Crippen molar-refractivity contribution in [2.75, 3.05) is 13.1 Å². The molecule has 0 fully saturated rings. The molecule has 2 N–H and O–H groups in total. The van der Waals surface area contributed by atoms with Crippen molar-refractivity contribution in [3.05, 3.63) is 89.3 Å². The fraction of sp³-hybridized carbons (Fsp3) is 0.280. The van der Waals surface area contributed by atoms with Crippen LogP contribution in [-0.4, -0.2) is 33.9 Å². The van der Waals surface area contributed by atoms with E-state index in [9.17, 15) is 18.0 Å². The second kappa shape index (κ2) is 10.1. The van der Waals surface area contributed by atoms with Crippen molar-refractivity contribution >= 4 is 16.8 Å². The number of rotatable bonds is 9. The number of carbonyl (C=O) groups is 1. The summed E-state index contributed by atoms with van der Waals surface area (Å²) in [5, 5.41) is 3.81. The lowest BCUT2D eigenvalue weighted by atomic mass is 10.1. The number of nitrogens with one attached hydrogen (secondary N) is 2. The fourth-order valence-corrected chi connectivity index (χ4v) is 3.82. The van der Waals surface area contributed by atoms with Crippen molar-refractivity contribution < 1.29 is 22.4 Å². The van der Waals surface area contributed by atoms with Crippen molar-refractivity contribution in [3.63, 3.8) is 0 Å². The highest BCUT2D eigenvalue weighted by Crippen LogP contribution is 2.29. The molecule has 0 saturated heterocycles. The molecule has 0 spiro atoms. The van der Waals surface area contributed by atoms with Gasteiger partial charge in [0, 0.05) is 36.7 Å². The van der Waals surface area contributed by atoms with Crippen LogP contribution in [0, 0.1) is 0 Å². The summed E-state index contributed by atoms with van der Waals surface area (Å²) in [6.45, 7) is 3.62. The normalized spacial score (nSPS) is 11.9. The molecule has 0 aliphatic heterocycles. The minimum atomic E-state index is -4.37. The molecule has 0 radical (unpaired) electrons. The first-order chi connectivity index (χ1) is 16.3. The van der Waals surface area contributed by atoms with Crippen molar-refractivity contribution in [1.29, 1.82) is 0 Å². The van der Waals surface area contributed by atoms with E-state index in [2.05, 4.69) is 15.3 Å². The summed E-state index contributed by atoms with van der Waals surface area (Å²) in [6, 6.07) is 13.2. The highest BCUT2D eigenvalue weighted by atomic mass is 19.4. The van der Waals surface area contributed by atoms with Gasteiger partial charge in [-0.2, -0.15) is 13.2 Å². The number of fused-ring (bicyclic) bond motifs is 1. The Bertz CT molecular complexity index is 1250. The third-order valence-electron chi connectivity index (χ3n) is 5.54. The number of carbonyl (C=O) groups excluding carboxylic acids is 1. The first kappa shape index (κ1) is 23.6. The maximum Gasteiger partial charge on any atom is 0.416 e. The first-order valence-corrected chi connectivity index (χ1v) is 11.0. The summed E-state index contributed by atoms with van der Waals surface area (Å²) < 4.78 is 44.3. The van der Waals surface area contributed by atoms with E-state index in [0.29, 0.717) is 38.5 Å². The van der Waals surface area contributed by atoms with E-state index < -0.39 is 11.7 Å². The number of hydrogen-bond donors (Lipinski definition) is 2. The van der Waals surface area contributed by atoms with Gasteiger partial charge in [-0.15, -0.1) is 0 Å². The average molecular weight is 470 g/mol. The monoisotopic (exact) mass is 470 g/mol. The van der Waals surface area contributed by atoms with Crippen molar-refractivity contribution in [3.8, 4) is 0 Å². The second-order valence-electron chi connectivity index (χ2n) is 8.00. The number of halogens is 3. The van der Waals surface area contributed by atoms with Gasteiger partial charge in [-0.05, 0) is 42.7 Å². The summed E-state index contributed by atoms with van der Waals surface area (Å²) in [6.07, 6.45) is -0.370. The Morgan fingerprint density at radius 1 is 1.12 bits per heavy atom. The lowest BCUT2D eigenvalue weighted by Crippen LogP contribution is -2.26. The van der Waals surface area contributed by atoms with Crippen LogP contribution >= 0.6 is 0 Å². The number of para-hydroxylation sites is 1. The van der Waals surface area contributed by atoms with Gasteiger partial charge in [-0.3, -0.25) is 9.69 Å². The van der Waals surface area contributed by atoms with Crippen LogP contribution in [-0.2, 0) is 25.7 Å². The third-order valence-corrected chi connectivity index (χ3v) is 5.54. The number of nitrogens with zero attached hydrogens (tertiary/aromatic N) is 2. The van der Waals surface area contributed by atoms with Crippen molar-refractivity contribution in [2.45, 2.75) is 32.6 Å². The van der Waals surface area contributed by atoms with Gasteiger partial charge >= 0.3 is 6.18 Å². The van der Waals surface area contributed by atoms with E-state index in [0.717, 1.165) is 34.2 Å². The van der Waals surface area contributed by atoms with E-state index in [1.807, 2.05) is 42.3 Å². The topological polar surface area (TPSA) is 74.2 Å². The minimum Gasteiger partial charge on any atom is -0.447 e. The Hall–Kier alpha value is -3.59. The van der Waals surface area contributed by atoms with E-state index in [-0.39, 0.29) is 11.6 Å². The second-order valence-corrected chi connectivity index (χ2v) is 8.00. The van der Waals surface area contributed by atoms with Gasteiger partial charge < -0.3 is 14.7 Å². The molecule has 0 unspecified atom stereocenters. The Morgan fingerprint density at radius 3 is 2.62 bits per heavy atom. The smallest absolute Gasteiger partial charge is 0.416 e. The molecule has 1 amide bonds. The SMILES string of the molecule is CCNC(=O)c1coc(CN(CCc2c[nH]c3ccccc23)Cc2ccc(C(F)(F)F)cc2)n1. The fourth-order valence-electron chi connectivity index (χ4n) is 3.82. The maximum absolute atomic E-state index is 12.9. The van der Waals surface area contributed by atoms with Crippen LogP contribution in [0.4, 0.5) is 13.2 Å². The van der Waals surface area contributed by atoms with Gasteiger partial charge in [0.1, 0.15) is 6.26 Å². The molecule has 0 aliphatic carbocycles. The molecule has 0 aliphatic rings. The molecule has 34 heavy (non-hydrogen) atoms. The first-order valence-electron chi connectivity index (χ1n) is 11.0. The van der Waals surface area contributed by atoms with Gasteiger partial charge in [-0.25, -0.2) is 4.98 Å². The number of hydrogen-bond acceptors (Lipinski definition) is 4. The predicted molar refractivity (Wildman–Crippen MR) is 122 cm³/mol. The molecule has 6 nitrogen and oxygen atoms in total. The molecule has 9 heteroatoms. The van der Waals surface area contributed by atoms with Crippen LogP contribution in [0.15, 0.2) is 65.4 Å². The van der Waals surface area contributed by atoms with Crippen molar-refractivity contribution in [2.24, 2.45) is 0 Å². The number of aromatic nitrogens is 2. The predicted octanol–water partition coefficient (Wildman–Crippen LogP) is 5.17. The molecule has 4 aromatic rings. The molecular formula is C25H25F3N4O2. The molecule has 4 rings (SSSR count). The molecule has 2 heterocycles. The summed E-state index contributed by atoms with van der Waals surface area (Å²) >= 11 is 0. The molecule has 2 aromatic carbocycles. The highest BCUT2D eigenvalue weighted by molar-refractivity contribution is 5.91. The number of amides is 1. The van der Waals surface area contributed by atoms with E-state index in [1.165, 1.54) is 18.4 Å². The molecule has 2 aromatic heterocycles. The average Bonchev–Trinajstić information content (AvgIpc) is 3.45. The van der Waals surface area contributed by atoms with Crippen LogP contribution in [0.25, 0.3) is 10.9 Å². The number of benzene rings is 2. The molecule has 178 valence electrons. The number of oxazole rings is 1. The largest absolute Gasteiger partial charge is 0.447 e. The summed E-state index contributed by atoms with van der Waals surface area (Å²) in [5.41, 5.74) is 2.45. The lowest BCUT2D eigenvalue weighted by molar-refractivity contribution is -0.137. The van der Waals surface area contributed by atoms with Crippen LogP contribution in [0.5, 0.6) is 0 Å². The van der Waals surface area contributed by atoms with E-state index >= 15 is 0 Å². The van der Waals surface area contributed by atoms with Crippen LogP contribution in [0.2, 0.25) is 0 Å². The van der Waals surface area contributed by atoms with Crippen molar-refractivity contribution in [1.82, 2.24) is 20.2 Å². The van der Waals surface area contributed by atoms with E-state index in [1.54, 1.807) is 0 Å². The third kappa shape index (κ3) is 5.66. The van der Waals surface area contributed by atoms with Gasteiger partial charge in [0.05, 0.1) is 12.1 Å². The zero-order valence-corrected chi connectivity index (χ0v) is 18.7. The summed E-state index contributed by atoms with van der Waals surface area (Å²) in [5.74, 6) is 0.0534.